The van der Waals surface area contributed by atoms with Crippen molar-refractivity contribution in [1.29, 1.82) is 0 Å². The van der Waals surface area contributed by atoms with Crippen LogP contribution < -0.4 is 4.74 Å². The van der Waals surface area contributed by atoms with Gasteiger partial charge < -0.3 is 4.74 Å². The first-order chi connectivity index (χ1) is 6.26. The van der Waals surface area contributed by atoms with Gasteiger partial charge in [0.1, 0.15) is 12.0 Å². The van der Waals surface area contributed by atoms with Gasteiger partial charge in [0.25, 0.3) is 0 Å². The predicted molar refractivity (Wildman–Crippen MR) is 52.4 cm³/mol. The van der Waals surface area contributed by atoms with E-state index in [1.165, 1.54) is 0 Å². The molecule has 0 aromatic heterocycles. The smallest absolute Gasteiger partial charge is 0.150 e. The van der Waals surface area contributed by atoms with Crippen LogP contribution in [-0.2, 0) is 0 Å². The summed E-state index contributed by atoms with van der Waals surface area (Å²) in [5, 5.41) is 0. The highest BCUT2D eigenvalue weighted by molar-refractivity contribution is 5.76. The molecule has 0 bridgehead atoms. The molecule has 0 atom stereocenters. The molecule has 13 heavy (non-hydrogen) atoms. The molecule has 1 aromatic rings. The molecule has 1 rings (SSSR count). The second-order valence-corrected chi connectivity index (χ2v) is 3.05. The Bertz CT molecular complexity index is 292. The third-order valence-corrected chi connectivity index (χ3v) is 1.68. The third kappa shape index (κ3) is 2.90. The quantitative estimate of drug-likeness (QED) is 0.662. The lowest BCUT2D eigenvalue weighted by Gasteiger charge is -2.05. The molecule has 0 aliphatic rings. The van der Waals surface area contributed by atoms with E-state index in [-0.39, 0.29) is 0 Å². The number of benzene rings is 1. The van der Waals surface area contributed by atoms with Crippen LogP contribution >= 0.6 is 0 Å². The van der Waals surface area contributed by atoms with Gasteiger partial charge in [-0.2, -0.15) is 0 Å². The van der Waals surface area contributed by atoms with E-state index in [1.807, 2.05) is 19.1 Å². The third-order valence-electron chi connectivity index (χ3n) is 1.68. The largest absolute Gasteiger partial charge is 0.494 e. The lowest BCUT2D eigenvalue weighted by atomic mass is 10.1. The number of aldehydes is 1. The SMILES string of the molecule is CCCOc1cc(C)cc(C=O)c1. The van der Waals surface area contributed by atoms with Gasteiger partial charge in [-0.25, -0.2) is 0 Å². The molecule has 0 saturated carbocycles. The van der Waals surface area contributed by atoms with E-state index in [0.717, 1.165) is 24.0 Å². The number of rotatable bonds is 4. The Hall–Kier alpha value is -1.31. The Labute approximate surface area is 78.5 Å². The van der Waals surface area contributed by atoms with E-state index in [9.17, 15) is 4.79 Å². The molecular weight excluding hydrogens is 164 g/mol. The molecule has 0 aliphatic heterocycles. The van der Waals surface area contributed by atoms with Gasteiger partial charge in [-0.05, 0) is 37.1 Å². The van der Waals surface area contributed by atoms with Crippen molar-refractivity contribution in [2.24, 2.45) is 0 Å². The summed E-state index contributed by atoms with van der Waals surface area (Å²) in [5.74, 6) is 0.781. The van der Waals surface area contributed by atoms with E-state index < -0.39 is 0 Å². The second kappa shape index (κ2) is 4.65. The number of carbonyl (C=O) groups is 1. The van der Waals surface area contributed by atoms with Crippen LogP contribution in [-0.4, -0.2) is 12.9 Å². The lowest BCUT2D eigenvalue weighted by molar-refractivity contribution is 0.112. The van der Waals surface area contributed by atoms with Gasteiger partial charge in [-0.1, -0.05) is 6.92 Å². The number of ether oxygens (including phenoxy) is 1. The Kier molecular flexibility index (Phi) is 3.50. The number of hydrogen-bond acceptors (Lipinski definition) is 2. The molecule has 2 heteroatoms. The van der Waals surface area contributed by atoms with Crippen molar-refractivity contribution in [2.75, 3.05) is 6.61 Å². The van der Waals surface area contributed by atoms with Crippen molar-refractivity contribution in [2.45, 2.75) is 20.3 Å². The molecule has 0 saturated heterocycles. The number of carbonyl (C=O) groups excluding carboxylic acids is 1. The average Bonchev–Trinajstić information content (AvgIpc) is 2.14. The molecule has 2 nitrogen and oxygen atoms in total. The zero-order valence-electron chi connectivity index (χ0n) is 8.04. The van der Waals surface area contributed by atoms with Crippen molar-refractivity contribution >= 4 is 6.29 Å². The number of hydrogen-bond donors (Lipinski definition) is 0. The Morgan fingerprint density at radius 2 is 2.15 bits per heavy atom. The van der Waals surface area contributed by atoms with Gasteiger partial charge in [0.05, 0.1) is 6.61 Å². The molecule has 0 N–H and O–H groups in total. The van der Waals surface area contributed by atoms with E-state index >= 15 is 0 Å². The maximum atomic E-state index is 10.5. The van der Waals surface area contributed by atoms with Crippen LogP contribution in [0, 0.1) is 6.92 Å². The van der Waals surface area contributed by atoms with Gasteiger partial charge in [-0.3, -0.25) is 4.79 Å². The first-order valence-corrected chi connectivity index (χ1v) is 4.46. The molecule has 0 aliphatic carbocycles. The fourth-order valence-corrected chi connectivity index (χ4v) is 1.15. The second-order valence-electron chi connectivity index (χ2n) is 3.05. The molecule has 1 aromatic carbocycles. The normalized spacial score (nSPS) is 9.69. The summed E-state index contributed by atoms with van der Waals surface area (Å²) in [5.41, 5.74) is 1.72. The highest BCUT2D eigenvalue weighted by Gasteiger charge is 1.97. The zero-order valence-corrected chi connectivity index (χ0v) is 8.04. The van der Waals surface area contributed by atoms with Gasteiger partial charge in [-0.15, -0.1) is 0 Å². The molecule has 0 heterocycles. The summed E-state index contributed by atoms with van der Waals surface area (Å²) in [6.45, 7) is 4.70. The first-order valence-electron chi connectivity index (χ1n) is 4.46. The summed E-state index contributed by atoms with van der Waals surface area (Å²) in [4.78, 5) is 10.5. The highest BCUT2D eigenvalue weighted by Crippen LogP contribution is 2.15. The van der Waals surface area contributed by atoms with Crippen molar-refractivity contribution < 1.29 is 9.53 Å². The van der Waals surface area contributed by atoms with Crippen LogP contribution in [0.25, 0.3) is 0 Å². The summed E-state index contributed by atoms with van der Waals surface area (Å²) < 4.78 is 5.42. The molecule has 0 unspecified atom stereocenters. The van der Waals surface area contributed by atoms with Gasteiger partial charge in [0.15, 0.2) is 0 Å². The fourth-order valence-electron chi connectivity index (χ4n) is 1.15. The average molecular weight is 178 g/mol. The van der Waals surface area contributed by atoms with Crippen molar-refractivity contribution in [3.05, 3.63) is 29.3 Å². The Morgan fingerprint density at radius 1 is 1.38 bits per heavy atom. The fraction of sp³-hybridized carbons (Fsp3) is 0.364. The minimum absolute atomic E-state index is 0.672. The molecule has 0 radical (unpaired) electrons. The first kappa shape index (κ1) is 9.78. The van der Waals surface area contributed by atoms with Crippen LogP contribution in [0.5, 0.6) is 5.75 Å². The van der Waals surface area contributed by atoms with Crippen LogP contribution in [0.2, 0.25) is 0 Å². The Morgan fingerprint density at radius 3 is 2.77 bits per heavy atom. The van der Waals surface area contributed by atoms with Crippen molar-refractivity contribution in [3.63, 3.8) is 0 Å². The maximum Gasteiger partial charge on any atom is 0.150 e. The summed E-state index contributed by atoms with van der Waals surface area (Å²) in [6.07, 6.45) is 1.82. The monoisotopic (exact) mass is 178 g/mol. The maximum absolute atomic E-state index is 10.5. The summed E-state index contributed by atoms with van der Waals surface area (Å²) in [7, 11) is 0. The number of aryl methyl sites for hydroxylation is 1. The van der Waals surface area contributed by atoms with E-state index in [4.69, 9.17) is 4.74 Å². The zero-order chi connectivity index (χ0) is 9.68. The van der Waals surface area contributed by atoms with Gasteiger partial charge >= 0.3 is 0 Å². The molecule has 0 spiro atoms. The molecule has 70 valence electrons. The molecular formula is C11H14O2. The van der Waals surface area contributed by atoms with Crippen LogP contribution in [0.4, 0.5) is 0 Å². The summed E-state index contributed by atoms with van der Waals surface area (Å²) >= 11 is 0. The van der Waals surface area contributed by atoms with E-state index in [1.54, 1.807) is 6.07 Å². The van der Waals surface area contributed by atoms with E-state index in [2.05, 4.69) is 6.92 Å². The lowest BCUT2D eigenvalue weighted by Crippen LogP contribution is -1.96. The van der Waals surface area contributed by atoms with Crippen molar-refractivity contribution in [1.82, 2.24) is 0 Å². The Balaban J connectivity index is 2.81. The van der Waals surface area contributed by atoms with Crippen LogP contribution in [0.15, 0.2) is 18.2 Å². The minimum Gasteiger partial charge on any atom is -0.494 e. The molecule has 0 amide bonds. The standard InChI is InChI=1S/C11H14O2/c1-3-4-13-11-6-9(2)5-10(7-11)8-12/h5-8H,3-4H2,1-2H3. The minimum atomic E-state index is 0.672. The molecule has 0 fully saturated rings. The van der Waals surface area contributed by atoms with Crippen LogP contribution in [0.3, 0.4) is 0 Å². The van der Waals surface area contributed by atoms with Crippen molar-refractivity contribution in [3.8, 4) is 5.75 Å². The van der Waals surface area contributed by atoms with E-state index in [0.29, 0.717) is 12.2 Å². The topological polar surface area (TPSA) is 26.3 Å². The van der Waals surface area contributed by atoms with Gasteiger partial charge in [0.2, 0.25) is 0 Å². The summed E-state index contributed by atoms with van der Waals surface area (Å²) in [6, 6.07) is 5.53. The predicted octanol–water partition coefficient (Wildman–Crippen LogP) is 2.60. The van der Waals surface area contributed by atoms with Crippen LogP contribution in [0.1, 0.15) is 29.3 Å². The van der Waals surface area contributed by atoms with Gasteiger partial charge in [0, 0.05) is 5.56 Å². The highest BCUT2D eigenvalue weighted by atomic mass is 16.5.